The molecule has 1 aliphatic rings. The molecule has 0 atom stereocenters. The highest BCUT2D eigenvalue weighted by Gasteiger charge is 2.41. The third kappa shape index (κ3) is 2.26. The van der Waals surface area contributed by atoms with Crippen LogP contribution in [0.2, 0.25) is 0 Å². The van der Waals surface area contributed by atoms with Gasteiger partial charge in [-0.15, -0.1) is 11.3 Å². The number of rotatable bonds is 4. The van der Waals surface area contributed by atoms with Gasteiger partial charge in [0.05, 0.1) is 9.88 Å². The molecule has 0 bridgehead atoms. The zero-order valence-corrected chi connectivity index (χ0v) is 11.7. The van der Waals surface area contributed by atoms with Crippen LogP contribution in [-0.2, 0) is 10.3 Å². The zero-order chi connectivity index (χ0) is 13.3. The molecule has 1 aliphatic carbocycles. The predicted octanol–water partition coefficient (Wildman–Crippen LogP) is 3.19. The SMILES string of the molecule is CCOC1(c2noc(-c3ccc(N)s3)n2)CCCC1. The smallest absolute Gasteiger partial charge is 0.268 e. The number of aromatic nitrogens is 2. The highest BCUT2D eigenvalue weighted by molar-refractivity contribution is 7.19. The fourth-order valence-corrected chi connectivity index (χ4v) is 3.33. The Morgan fingerprint density at radius 3 is 2.84 bits per heavy atom. The highest BCUT2D eigenvalue weighted by atomic mass is 32.1. The van der Waals surface area contributed by atoms with Crippen LogP contribution in [0, 0.1) is 0 Å². The number of nitrogens with two attached hydrogens (primary N) is 1. The molecule has 0 radical (unpaired) electrons. The number of ether oxygens (including phenoxy) is 1. The lowest BCUT2D eigenvalue weighted by atomic mass is 10.0. The third-order valence-electron chi connectivity index (χ3n) is 3.50. The number of anilines is 1. The topological polar surface area (TPSA) is 74.2 Å². The van der Waals surface area contributed by atoms with Crippen molar-refractivity contribution in [3.05, 3.63) is 18.0 Å². The van der Waals surface area contributed by atoms with Crippen LogP contribution in [0.5, 0.6) is 0 Å². The lowest BCUT2D eigenvalue weighted by Gasteiger charge is -2.24. The summed E-state index contributed by atoms with van der Waals surface area (Å²) in [6, 6.07) is 3.75. The summed E-state index contributed by atoms with van der Waals surface area (Å²) in [7, 11) is 0. The molecule has 1 fully saturated rings. The van der Waals surface area contributed by atoms with Crippen molar-refractivity contribution < 1.29 is 9.26 Å². The van der Waals surface area contributed by atoms with Crippen LogP contribution in [0.3, 0.4) is 0 Å². The summed E-state index contributed by atoms with van der Waals surface area (Å²) < 4.78 is 11.3. The number of hydrogen-bond acceptors (Lipinski definition) is 6. The Morgan fingerprint density at radius 1 is 1.42 bits per heavy atom. The Kier molecular flexibility index (Phi) is 3.28. The lowest BCUT2D eigenvalue weighted by Crippen LogP contribution is -2.27. The first kappa shape index (κ1) is 12.6. The predicted molar refractivity (Wildman–Crippen MR) is 73.8 cm³/mol. The van der Waals surface area contributed by atoms with Gasteiger partial charge in [0.25, 0.3) is 5.89 Å². The van der Waals surface area contributed by atoms with Crippen molar-refractivity contribution >= 4 is 16.3 Å². The van der Waals surface area contributed by atoms with Crippen LogP contribution in [0.4, 0.5) is 5.00 Å². The average molecular weight is 279 g/mol. The number of hydrogen-bond donors (Lipinski definition) is 1. The van der Waals surface area contributed by atoms with Gasteiger partial charge in [0.1, 0.15) is 5.60 Å². The molecular formula is C13H17N3O2S. The van der Waals surface area contributed by atoms with E-state index in [2.05, 4.69) is 10.1 Å². The Bertz CT molecular complexity index is 558. The number of nitrogen functional groups attached to an aromatic ring is 1. The van der Waals surface area contributed by atoms with Gasteiger partial charge in [-0.1, -0.05) is 5.16 Å². The van der Waals surface area contributed by atoms with Gasteiger partial charge in [-0.3, -0.25) is 0 Å². The van der Waals surface area contributed by atoms with E-state index in [1.807, 2.05) is 19.1 Å². The van der Waals surface area contributed by atoms with E-state index < -0.39 is 0 Å². The molecule has 0 spiro atoms. The summed E-state index contributed by atoms with van der Waals surface area (Å²) in [6.07, 6.45) is 4.23. The van der Waals surface area contributed by atoms with Gasteiger partial charge in [-0.2, -0.15) is 4.98 Å². The molecule has 19 heavy (non-hydrogen) atoms. The maximum Gasteiger partial charge on any atom is 0.268 e. The van der Waals surface area contributed by atoms with Crippen LogP contribution in [0.25, 0.3) is 10.8 Å². The highest BCUT2D eigenvalue weighted by Crippen LogP contribution is 2.41. The van der Waals surface area contributed by atoms with Gasteiger partial charge >= 0.3 is 0 Å². The van der Waals surface area contributed by atoms with E-state index in [1.165, 1.54) is 11.3 Å². The van der Waals surface area contributed by atoms with E-state index in [0.29, 0.717) is 18.3 Å². The summed E-state index contributed by atoms with van der Waals surface area (Å²) in [5, 5.41) is 4.87. The summed E-state index contributed by atoms with van der Waals surface area (Å²) in [6.45, 7) is 2.66. The van der Waals surface area contributed by atoms with Crippen LogP contribution in [0.1, 0.15) is 38.4 Å². The number of thiophene rings is 1. The molecule has 3 rings (SSSR count). The molecule has 6 heteroatoms. The summed E-state index contributed by atoms with van der Waals surface area (Å²) in [5.41, 5.74) is 5.37. The first-order valence-corrected chi connectivity index (χ1v) is 7.39. The molecule has 2 aromatic rings. The molecule has 0 aromatic carbocycles. The molecule has 0 aliphatic heterocycles. The quantitative estimate of drug-likeness (QED) is 0.930. The molecule has 0 unspecified atom stereocenters. The van der Waals surface area contributed by atoms with Crippen molar-refractivity contribution in [2.45, 2.75) is 38.2 Å². The van der Waals surface area contributed by atoms with E-state index in [9.17, 15) is 0 Å². The fourth-order valence-electron chi connectivity index (χ4n) is 2.63. The minimum atomic E-state index is -0.348. The zero-order valence-electron chi connectivity index (χ0n) is 10.9. The van der Waals surface area contributed by atoms with Crippen LogP contribution >= 0.6 is 11.3 Å². The van der Waals surface area contributed by atoms with Crippen molar-refractivity contribution in [2.75, 3.05) is 12.3 Å². The van der Waals surface area contributed by atoms with Gasteiger partial charge in [-0.25, -0.2) is 0 Å². The van der Waals surface area contributed by atoms with Crippen molar-refractivity contribution in [1.82, 2.24) is 10.1 Å². The van der Waals surface area contributed by atoms with E-state index in [1.54, 1.807) is 0 Å². The van der Waals surface area contributed by atoms with Gasteiger partial charge in [0.2, 0.25) is 5.82 Å². The van der Waals surface area contributed by atoms with E-state index in [-0.39, 0.29) is 5.60 Å². The Balaban J connectivity index is 1.91. The minimum Gasteiger partial charge on any atom is -0.391 e. The second-order valence-electron chi connectivity index (χ2n) is 4.76. The number of nitrogens with zero attached hydrogens (tertiary/aromatic N) is 2. The minimum absolute atomic E-state index is 0.348. The molecular weight excluding hydrogens is 262 g/mol. The maximum atomic E-state index is 5.92. The second kappa shape index (κ2) is 4.94. The average Bonchev–Trinajstić information content (AvgIpc) is 3.07. The summed E-state index contributed by atoms with van der Waals surface area (Å²) in [4.78, 5) is 5.42. The van der Waals surface area contributed by atoms with E-state index >= 15 is 0 Å². The Hall–Kier alpha value is -1.40. The third-order valence-corrected chi connectivity index (χ3v) is 4.41. The van der Waals surface area contributed by atoms with Gasteiger partial charge in [0, 0.05) is 6.61 Å². The largest absolute Gasteiger partial charge is 0.391 e. The molecule has 0 amide bonds. The molecule has 2 N–H and O–H groups in total. The van der Waals surface area contributed by atoms with Gasteiger partial charge < -0.3 is 15.0 Å². The van der Waals surface area contributed by atoms with Gasteiger partial charge in [0.15, 0.2) is 0 Å². The van der Waals surface area contributed by atoms with Crippen molar-refractivity contribution in [3.8, 4) is 10.8 Å². The molecule has 2 aromatic heterocycles. The van der Waals surface area contributed by atoms with Crippen LogP contribution in [0.15, 0.2) is 16.7 Å². The lowest BCUT2D eigenvalue weighted by molar-refractivity contribution is -0.0469. The van der Waals surface area contributed by atoms with Crippen molar-refractivity contribution in [2.24, 2.45) is 0 Å². The molecule has 2 heterocycles. The second-order valence-corrected chi connectivity index (χ2v) is 5.87. The Morgan fingerprint density at radius 2 is 2.21 bits per heavy atom. The summed E-state index contributed by atoms with van der Waals surface area (Å²) in [5.74, 6) is 1.21. The van der Waals surface area contributed by atoms with Crippen molar-refractivity contribution in [3.63, 3.8) is 0 Å². The molecule has 1 saturated carbocycles. The first-order valence-electron chi connectivity index (χ1n) is 6.57. The standard InChI is InChI=1S/C13H17N3O2S/c1-2-17-13(7-3-4-8-13)12-15-11(18-16-12)9-5-6-10(14)19-9/h5-6H,2-4,7-8,14H2,1H3. The first-order chi connectivity index (χ1) is 9.23. The van der Waals surface area contributed by atoms with Gasteiger partial charge in [-0.05, 0) is 44.7 Å². The molecule has 5 nitrogen and oxygen atoms in total. The van der Waals surface area contributed by atoms with Crippen molar-refractivity contribution in [1.29, 1.82) is 0 Å². The Labute approximate surface area is 115 Å². The van der Waals surface area contributed by atoms with E-state index in [0.717, 1.165) is 35.6 Å². The monoisotopic (exact) mass is 279 g/mol. The maximum absolute atomic E-state index is 5.92. The molecule has 102 valence electrons. The van der Waals surface area contributed by atoms with E-state index in [4.69, 9.17) is 15.0 Å². The van der Waals surface area contributed by atoms with Crippen LogP contribution in [-0.4, -0.2) is 16.7 Å². The fraction of sp³-hybridized carbons (Fsp3) is 0.538. The normalized spacial score (nSPS) is 17.9. The van der Waals surface area contributed by atoms with Crippen LogP contribution < -0.4 is 5.73 Å². The summed E-state index contributed by atoms with van der Waals surface area (Å²) >= 11 is 1.45. The molecule has 0 saturated heterocycles.